The summed E-state index contributed by atoms with van der Waals surface area (Å²) in [5.41, 5.74) is -0.980. The van der Waals surface area contributed by atoms with E-state index < -0.39 is 23.8 Å². The van der Waals surface area contributed by atoms with Crippen molar-refractivity contribution in [1.29, 1.82) is 0 Å². The van der Waals surface area contributed by atoms with E-state index in [1.54, 1.807) is 6.92 Å². The highest BCUT2D eigenvalue weighted by molar-refractivity contribution is 4.98. The number of ether oxygens (including phenoxy) is 2. The Morgan fingerprint density at radius 1 is 1.42 bits per heavy atom. The molecule has 2 heterocycles. The SMILES string of the molecule is C[C@]12CO[C@](O)(CC(O)C1O)O2. The number of hydrogen-bond acceptors (Lipinski definition) is 5. The molecular weight excluding hydrogens is 164 g/mol. The zero-order valence-electron chi connectivity index (χ0n) is 6.73. The van der Waals surface area contributed by atoms with E-state index in [1.165, 1.54) is 0 Å². The molecular formula is C7H12O5. The summed E-state index contributed by atoms with van der Waals surface area (Å²) in [7, 11) is 0. The van der Waals surface area contributed by atoms with Gasteiger partial charge in [-0.2, -0.15) is 0 Å². The third kappa shape index (κ3) is 0.982. The van der Waals surface area contributed by atoms with Gasteiger partial charge >= 0.3 is 0 Å². The summed E-state index contributed by atoms with van der Waals surface area (Å²) in [4.78, 5) is 0. The van der Waals surface area contributed by atoms with Gasteiger partial charge < -0.3 is 24.8 Å². The lowest BCUT2D eigenvalue weighted by Crippen LogP contribution is -2.56. The lowest BCUT2D eigenvalue weighted by molar-refractivity contribution is -0.363. The van der Waals surface area contributed by atoms with Gasteiger partial charge in [-0.25, -0.2) is 0 Å². The fourth-order valence-corrected chi connectivity index (χ4v) is 1.71. The van der Waals surface area contributed by atoms with Crippen LogP contribution < -0.4 is 0 Å². The smallest absolute Gasteiger partial charge is 0.283 e. The molecule has 0 radical (unpaired) electrons. The molecule has 0 aromatic rings. The largest absolute Gasteiger partial charge is 0.390 e. The van der Waals surface area contributed by atoms with Crippen LogP contribution in [0.2, 0.25) is 0 Å². The second-order valence-electron chi connectivity index (χ2n) is 3.63. The van der Waals surface area contributed by atoms with Gasteiger partial charge in [0.15, 0.2) is 0 Å². The van der Waals surface area contributed by atoms with Crippen LogP contribution >= 0.6 is 0 Å². The van der Waals surface area contributed by atoms with Crippen molar-refractivity contribution in [3.63, 3.8) is 0 Å². The minimum Gasteiger partial charge on any atom is -0.390 e. The van der Waals surface area contributed by atoms with Crippen LogP contribution in [0.3, 0.4) is 0 Å². The molecule has 3 N–H and O–H groups in total. The number of rotatable bonds is 0. The van der Waals surface area contributed by atoms with E-state index in [1.807, 2.05) is 0 Å². The molecule has 2 rings (SSSR count). The molecule has 5 nitrogen and oxygen atoms in total. The highest BCUT2D eigenvalue weighted by Crippen LogP contribution is 2.41. The first-order chi connectivity index (χ1) is 5.45. The van der Waals surface area contributed by atoms with Gasteiger partial charge in [-0.05, 0) is 6.92 Å². The van der Waals surface area contributed by atoms with Gasteiger partial charge in [-0.3, -0.25) is 0 Å². The maximum Gasteiger partial charge on any atom is 0.283 e. The van der Waals surface area contributed by atoms with Crippen LogP contribution in [0.1, 0.15) is 13.3 Å². The van der Waals surface area contributed by atoms with E-state index in [0.29, 0.717) is 0 Å². The normalized spacial score (nSPS) is 59.0. The fourth-order valence-electron chi connectivity index (χ4n) is 1.71. The number of aliphatic hydroxyl groups is 3. The summed E-state index contributed by atoms with van der Waals surface area (Å²) in [6.45, 7) is 1.69. The Hall–Kier alpha value is -0.200. The summed E-state index contributed by atoms with van der Waals surface area (Å²) in [5.74, 6) is -1.70. The van der Waals surface area contributed by atoms with Crippen LogP contribution in [0.5, 0.6) is 0 Å². The van der Waals surface area contributed by atoms with Gasteiger partial charge in [0.25, 0.3) is 5.97 Å². The number of fused-ring (bicyclic) bond motifs is 2. The van der Waals surface area contributed by atoms with E-state index in [0.717, 1.165) is 0 Å². The van der Waals surface area contributed by atoms with Crippen molar-refractivity contribution in [3.8, 4) is 0 Å². The Morgan fingerprint density at radius 3 is 2.75 bits per heavy atom. The van der Waals surface area contributed by atoms with Crippen LogP contribution in [0.4, 0.5) is 0 Å². The molecule has 2 unspecified atom stereocenters. The zero-order valence-corrected chi connectivity index (χ0v) is 6.73. The van der Waals surface area contributed by atoms with Crippen LogP contribution in [0.25, 0.3) is 0 Å². The minimum atomic E-state index is -1.70. The highest BCUT2D eigenvalue weighted by Gasteiger charge is 2.58. The maximum absolute atomic E-state index is 9.47. The molecule has 2 saturated heterocycles. The van der Waals surface area contributed by atoms with Gasteiger partial charge in [0, 0.05) is 0 Å². The summed E-state index contributed by atoms with van der Waals surface area (Å²) < 4.78 is 10.00. The maximum atomic E-state index is 9.47. The third-order valence-corrected chi connectivity index (χ3v) is 2.43. The average Bonchev–Trinajstić information content (AvgIpc) is 2.22. The van der Waals surface area contributed by atoms with Crippen molar-refractivity contribution in [3.05, 3.63) is 0 Å². The first-order valence-corrected chi connectivity index (χ1v) is 3.88. The second-order valence-corrected chi connectivity index (χ2v) is 3.63. The predicted molar refractivity (Wildman–Crippen MR) is 37.0 cm³/mol. The van der Waals surface area contributed by atoms with Crippen LogP contribution in [-0.2, 0) is 9.47 Å². The van der Waals surface area contributed by atoms with Crippen LogP contribution in [-0.4, -0.2) is 45.7 Å². The van der Waals surface area contributed by atoms with Crippen molar-refractivity contribution in [2.45, 2.75) is 37.1 Å². The van der Waals surface area contributed by atoms with E-state index in [2.05, 4.69) is 0 Å². The van der Waals surface area contributed by atoms with E-state index in [9.17, 15) is 15.3 Å². The Morgan fingerprint density at radius 2 is 2.08 bits per heavy atom. The van der Waals surface area contributed by atoms with Gasteiger partial charge in [0.05, 0.1) is 19.1 Å². The molecule has 0 saturated carbocycles. The van der Waals surface area contributed by atoms with Crippen molar-refractivity contribution >= 4 is 0 Å². The third-order valence-electron chi connectivity index (χ3n) is 2.43. The van der Waals surface area contributed by atoms with Gasteiger partial charge in [0.1, 0.15) is 11.7 Å². The molecule has 2 aliphatic heterocycles. The highest BCUT2D eigenvalue weighted by atomic mass is 16.9. The monoisotopic (exact) mass is 176 g/mol. The summed E-state index contributed by atoms with van der Waals surface area (Å²) in [5, 5.41) is 28.3. The van der Waals surface area contributed by atoms with Crippen molar-refractivity contribution in [2.24, 2.45) is 0 Å². The lowest BCUT2D eigenvalue weighted by Gasteiger charge is -2.38. The Balaban J connectivity index is 2.28. The molecule has 2 bridgehead atoms. The minimum absolute atomic E-state index is 0.0989. The number of aliphatic hydroxyl groups excluding tert-OH is 2. The topological polar surface area (TPSA) is 79.2 Å². The molecule has 70 valence electrons. The van der Waals surface area contributed by atoms with Gasteiger partial charge in [0.2, 0.25) is 0 Å². The molecule has 0 aromatic carbocycles. The van der Waals surface area contributed by atoms with Gasteiger partial charge in [-0.1, -0.05) is 0 Å². The molecule has 5 heteroatoms. The fraction of sp³-hybridized carbons (Fsp3) is 1.00. The molecule has 0 aromatic heterocycles. The van der Waals surface area contributed by atoms with E-state index in [-0.39, 0.29) is 13.0 Å². The van der Waals surface area contributed by atoms with E-state index in [4.69, 9.17) is 9.47 Å². The second kappa shape index (κ2) is 2.18. The molecule has 2 aliphatic rings. The van der Waals surface area contributed by atoms with Crippen molar-refractivity contribution in [1.82, 2.24) is 0 Å². The van der Waals surface area contributed by atoms with Crippen LogP contribution in [0.15, 0.2) is 0 Å². The molecule has 0 spiro atoms. The van der Waals surface area contributed by atoms with Crippen molar-refractivity contribution in [2.75, 3.05) is 6.61 Å². The quantitative estimate of drug-likeness (QED) is 0.421. The zero-order chi connectivity index (χ0) is 8.98. The predicted octanol–water partition coefficient (Wildman–Crippen LogP) is -1.44. The number of hydrogen-bond donors (Lipinski definition) is 3. The molecule has 2 fully saturated rings. The van der Waals surface area contributed by atoms with E-state index >= 15 is 0 Å². The molecule has 4 atom stereocenters. The standard InChI is InChI=1S/C7H12O5/c1-6-3-11-7(10,12-6)2-4(8)5(6)9/h4-5,8-10H,2-3H2,1H3/t4?,5?,6-,7+/m0/s1. The van der Waals surface area contributed by atoms with Gasteiger partial charge in [-0.15, -0.1) is 0 Å². The van der Waals surface area contributed by atoms with Crippen LogP contribution in [0, 0.1) is 0 Å². The summed E-state index contributed by atoms with van der Waals surface area (Å²) in [6.07, 6.45) is -2.10. The van der Waals surface area contributed by atoms with Crippen molar-refractivity contribution < 1.29 is 24.8 Å². The first kappa shape index (κ1) is 8.40. The Kier molecular flexibility index (Phi) is 1.53. The molecule has 0 amide bonds. The molecule has 12 heavy (non-hydrogen) atoms. The lowest BCUT2D eigenvalue weighted by atomic mass is 9.92. The summed E-state index contributed by atoms with van der Waals surface area (Å²) >= 11 is 0. The Labute approximate surface area is 69.5 Å². The Bertz CT molecular complexity index is 208. The average molecular weight is 176 g/mol. The first-order valence-electron chi connectivity index (χ1n) is 3.88. The molecule has 0 aliphatic carbocycles. The summed E-state index contributed by atoms with van der Waals surface area (Å²) in [6, 6.07) is 0.